The predicted octanol–water partition coefficient (Wildman–Crippen LogP) is 1.58. The topological polar surface area (TPSA) is 63.2 Å². The third-order valence-electron chi connectivity index (χ3n) is 3.45. The molecule has 1 aliphatic carbocycles. The zero-order valence-corrected chi connectivity index (χ0v) is 12.0. The van der Waals surface area contributed by atoms with Crippen LogP contribution in [0, 0.1) is 6.92 Å². The van der Waals surface area contributed by atoms with Gasteiger partial charge in [-0.2, -0.15) is 0 Å². The van der Waals surface area contributed by atoms with Crippen molar-refractivity contribution >= 4 is 15.7 Å². The average molecular weight is 281 g/mol. The van der Waals surface area contributed by atoms with Crippen molar-refractivity contribution < 1.29 is 13.2 Å². The summed E-state index contributed by atoms with van der Waals surface area (Å²) in [5, 5.41) is 1.75. The zero-order valence-electron chi connectivity index (χ0n) is 11.2. The third kappa shape index (κ3) is 3.56. The Kier molecular flexibility index (Phi) is 3.94. The maximum absolute atomic E-state index is 12.2. The SMILES string of the molecule is Cc1ccccc1CS(=O)(=O)[C@@H](C)C(=O)NC1CC1. The van der Waals surface area contributed by atoms with E-state index in [9.17, 15) is 13.2 Å². The van der Waals surface area contributed by atoms with Gasteiger partial charge in [-0.3, -0.25) is 4.79 Å². The zero-order chi connectivity index (χ0) is 14.0. The van der Waals surface area contributed by atoms with Gasteiger partial charge in [0, 0.05) is 6.04 Å². The minimum atomic E-state index is -3.46. The summed E-state index contributed by atoms with van der Waals surface area (Å²) in [5.74, 6) is -0.463. The smallest absolute Gasteiger partial charge is 0.238 e. The number of benzene rings is 1. The Morgan fingerprint density at radius 1 is 1.37 bits per heavy atom. The van der Waals surface area contributed by atoms with Crippen molar-refractivity contribution in [2.75, 3.05) is 0 Å². The number of carbonyl (C=O) groups excluding carboxylic acids is 1. The number of rotatable bonds is 5. The molecule has 1 aromatic rings. The van der Waals surface area contributed by atoms with Crippen molar-refractivity contribution in [2.24, 2.45) is 0 Å². The summed E-state index contributed by atoms with van der Waals surface area (Å²) in [7, 11) is -3.46. The van der Waals surface area contributed by atoms with E-state index in [4.69, 9.17) is 0 Å². The van der Waals surface area contributed by atoms with E-state index in [1.807, 2.05) is 25.1 Å². The molecular formula is C14H19NO3S. The van der Waals surface area contributed by atoms with Gasteiger partial charge in [0.05, 0.1) is 5.75 Å². The second-order valence-electron chi connectivity index (χ2n) is 5.16. The van der Waals surface area contributed by atoms with Crippen LogP contribution >= 0.6 is 0 Å². The van der Waals surface area contributed by atoms with Crippen molar-refractivity contribution in [3.8, 4) is 0 Å². The van der Waals surface area contributed by atoms with E-state index >= 15 is 0 Å². The minimum absolute atomic E-state index is 0.0844. The highest BCUT2D eigenvalue weighted by Gasteiger charge is 2.32. The molecule has 0 saturated heterocycles. The first-order chi connectivity index (χ1) is 8.90. The molecule has 4 nitrogen and oxygen atoms in total. The van der Waals surface area contributed by atoms with E-state index in [1.165, 1.54) is 6.92 Å². The fourth-order valence-electron chi connectivity index (χ4n) is 1.82. The van der Waals surface area contributed by atoms with Gasteiger partial charge in [0.25, 0.3) is 0 Å². The van der Waals surface area contributed by atoms with E-state index < -0.39 is 15.1 Å². The number of aryl methyl sites for hydroxylation is 1. The summed E-state index contributed by atoms with van der Waals surface area (Å²) in [6.07, 6.45) is 1.91. The Hall–Kier alpha value is -1.36. The molecule has 0 radical (unpaired) electrons. The molecule has 1 amide bonds. The molecule has 5 heteroatoms. The van der Waals surface area contributed by atoms with Crippen LogP contribution in [0.3, 0.4) is 0 Å². The van der Waals surface area contributed by atoms with Gasteiger partial charge < -0.3 is 5.32 Å². The lowest BCUT2D eigenvalue weighted by Crippen LogP contribution is -2.39. The molecule has 1 N–H and O–H groups in total. The lowest BCUT2D eigenvalue weighted by molar-refractivity contribution is -0.120. The number of carbonyl (C=O) groups is 1. The van der Waals surface area contributed by atoms with Gasteiger partial charge in [-0.1, -0.05) is 24.3 Å². The monoisotopic (exact) mass is 281 g/mol. The molecular weight excluding hydrogens is 262 g/mol. The van der Waals surface area contributed by atoms with Gasteiger partial charge in [-0.25, -0.2) is 8.42 Å². The summed E-state index contributed by atoms with van der Waals surface area (Å²) in [6, 6.07) is 7.53. The van der Waals surface area contributed by atoms with Crippen molar-refractivity contribution in [2.45, 2.75) is 43.7 Å². The number of nitrogens with one attached hydrogen (secondary N) is 1. The van der Waals surface area contributed by atoms with Crippen LogP contribution in [0.25, 0.3) is 0 Å². The highest BCUT2D eigenvalue weighted by molar-refractivity contribution is 7.92. The molecule has 1 atom stereocenters. The minimum Gasteiger partial charge on any atom is -0.352 e. The third-order valence-corrected chi connectivity index (χ3v) is 5.45. The molecule has 0 unspecified atom stereocenters. The quantitative estimate of drug-likeness (QED) is 0.891. The summed E-state index contributed by atoms with van der Waals surface area (Å²) < 4.78 is 24.5. The molecule has 1 fully saturated rings. The second kappa shape index (κ2) is 5.33. The van der Waals surface area contributed by atoms with Gasteiger partial charge in [-0.15, -0.1) is 0 Å². The van der Waals surface area contributed by atoms with Crippen LogP contribution < -0.4 is 5.32 Å². The van der Waals surface area contributed by atoms with Crippen LogP contribution in [0.1, 0.15) is 30.9 Å². The molecule has 104 valence electrons. The molecule has 0 heterocycles. The maximum atomic E-state index is 12.2. The average Bonchev–Trinajstić information content (AvgIpc) is 3.14. The number of hydrogen-bond acceptors (Lipinski definition) is 3. The largest absolute Gasteiger partial charge is 0.352 e. The van der Waals surface area contributed by atoms with E-state index in [-0.39, 0.29) is 17.7 Å². The van der Waals surface area contributed by atoms with Crippen LogP contribution in [0.15, 0.2) is 24.3 Å². The van der Waals surface area contributed by atoms with E-state index in [1.54, 1.807) is 6.07 Å². The normalized spacial score (nSPS) is 16.9. The Balaban J connectivity index is 2.08. The van der Waals surface area contributed by atoms with Crippen LogP contribution in [-0.4, -0.2) is 25.6 Å². The maximum Gasteiger partial charge on any atom is 0.238 e. The first-order valence-corrected chi connectivity index (χ1v) is 8.18. The predicted molar refractivity (Wildman–Crippen MR) is 74.4 cm³/mol. The Morgan fingerprint density at radius 3 is 2.58 bits per heavy atom. The highest BCUT2D eigenvalue weighted by Crippen LogP contribution is 2.20. The standard InChI is InChI=1S/C14H19NO3S/c1-10-5-3-4-6-12(10)9-19(17,18)11(2)14(16)15-13-7-8-13/h3-6,11,13H,7-9H2,1-2H3,(H,15,16)/t11-/m0/s1. The van der Waals surface area contributed by atoms with Crippen molar-refractivity contribution in [1.29, 1.82) is 0 Å². The number of sulfone groups is 1. The van der Waals surface area contributed by atoms with E-state index in [2.05, 4.69) is 5.32 Å². The van der Waals surface area contributed by atoms with Crippen LogP contribution in [0.5, 0.6) is 0 Å². The molecule has 0 aromatic heterocycles. The first-order valence-electron chi connectivity index (χ1n) is 6.46. The Morgan fingerprint density at radius 2 is 2.00 bits per heavy atom. The summed E-state index contributed by atoms with van der Waals surface area (Å²) in [6.45, 7) is 3.34. The fraction of sp³-hybridized carbons (Fsp3) is 0.500. The van der Waals surface area contributed by atoms with Crippen LogP contribution in [0.4, 0.5) is 0 Å². The van der Waals surface area contributed by atoms with Crippen LogP contribution in [-0.2, 0) is 20.4 Å². The van der Waals surface area contributed by atoms with Crippen molar-refractivity contribution in [3.05, 3.63) is 35.4 Å². The van der Waals surface area contributed by atoms with Crippen LogP contribution in [0.2, 0.25) is 0 Å². The number of amides is 1. The van der Waals surface area contributed by atoms with Gasteiger partial charge in [0.2, 0.25) is 5.91 Å². The Labute approximate surface area is 114 Å². The van der Waals surface area contributed by atoms with Gasteiger partial charge >= 0.3 is 0 Å². The fourth-order valence-corrected chi connectivity index (χ4v) is 3.22. The lowest BCUT2D eigenvalue weighted by Gasteiger charge is -2.14. The van der Waals surface area contributed by atoms with Gasteiger partial charge in [-0.05, 0) is 37.8 Å². The van der Waals surface area contributed by atoms with Crippen molar-refractivity contribution in [1.82, 2.24) is 5.32 Å². The molecule has 0 spiro atoms. The summed E-state index contributed by atoms with van der Waals surface area (Å²) in [5.41, 5.74) is 1.69. The van der Waals surface area contributed by atoms with Gasteiger partial charge in [0.1, 0.15) is 5.25 Å². The lowest BCUT2D eigenvalue weighted by atomic mass is 10.1. The molecule has 1 aromatic carbocycles. The summed E-state index contributed by atoms with van der Waals surface area (Å²) in [4.78, 5) is 11.8. The summed E-state index contributed by atoms with van der Waals surface area (Å²) >= 11 is 0. The first kappa shape index (κ1) is 14.1. The second-order valence-corrected chi connectivity index (χ2v) is 7.48. The molecule has 1 aliphatic rings. The van der Waals surface area contributed by atoms with Crippen molar-refractivity contribution in [3.63, 3.8) is 0 Å². The highest BCUT2D eigenvalue weighted by atomic mass is 32.2. The number of hydrogen-bond donors (Lipinski definition) is 1. The molecule has 1 saturated carbocycles. The van der Waals surface area contributed by atoms with E-state index in [0.29, 0.717) is 0 Å². The Bertz CT molecular complexity index is 576. The molecule has 2 rings (SSSR count). The molecule has 0 aliphatic heterocycles. The van der Waals surface area contributed by atoms with Gasteiger partial charge in [0.15, 0.2) is 9.84 Å². The van der Waals surface area contributed by atoms with E-state index in [0.717, 1.165) is 24.0 Å². The molecule has 0 bridgehead atoms. The molecule has 19 heavy (non-hydrogen) atoms.